The molecule has 2 aliphatic heterocycles. The second-order valence-electron chi connectivity index (χ2n) is 6.49. The van der Waals surface area contributed by atoms with E-state index in [-0.39, 0.29) is 30.1 Å². The Morgan fingerprint density at radius 2 is 1.81 bits per heavy atom. The highest BCUT2D eigenvalue weighted by atomic mass is 19.4. The first-order valence-electron chi connectivity index (χ1n) is 8.56. The average molecular weight is 369 g/mol. The zero-order valence-electron chi connectivity index (χ0n) is 14.6. The summed E-state index contributed by atoms with van der Waals surface area (Å²) in [5.74, 6) is 0.0325. The third-order valence-electron chi connectivity index (χ3n) is 4.76. The van der Waals surface area contributed by atoms with Gasteiger partial charge in [-0.15, -0.1) is 0 Å². The number of halogens is 3. The fraction of sp³-hybridized carbons (Fsp3) is 0.500. The van der Waals surface area contributed by atoms with Gasteiger partial charge in [0.25, 0.3) is 0 Å². The van der Waals surface area contributed by atoms with Gasteiger partial charge in [0.1, 0.15) is 24.7 Å². The molecule has 0 spiro atoms. The number of anilines is 1. The molecule has 0 aliphatic carbocycles. The number of hydrogen-bond donors (Lipinski definition) is 0. The van der Waals surface area contributed by atoms with Crippen LogP contribution in [0.15, 0.2) is 30.0 Å². The molecule has 2 fully saturated rings. The van der Waals surface area contributed by atoms with Gasteiger partial charge in [-0.25, -0.2) is 0 Å². The molecule has 0 aromatic heterocycles. The van der Waals surface area contributed by atoms with Crippen LogP contribution in [0.2, 0.25) is 0 Å². The second kappa shape index (κ2) is 7.67. The van der Waals surface area contributed by atoms with Crippen LogP contribution in [0, 0.1) is 0 Å². The number of para-hydroxylation sites is 1. The number of piperazine rings is 1. The van der Waals surface area contributed by atoms with Crippen LogP contribution in [-0.4, -0.2) is 74.8 Å². The lowest BCUT2D eigenvalue weighted by atomic mass is 10.1. The molecule has 2 heterocycles. The molecular weight excluding hydrogens is 347 g/mol. The summed E-state index contributed by atoms with van der Waals surface area (Å²) in [4.78, 5) is 16.0. The van der Waals surface area contributed by atoms with Gasteiger partial charge in [0.15, 0.2) is 0 Å². The summed E-state index contributed by atoms with van der Waals surface area (Å²) >= 11 is 0. The van der Waals surface area contributed by atoms with Crippen molar-refractivity contribution in [3.05, 3.63) is 35.6 Å². The summed E-state index contributed by atoms with van der Waals surface area (Å²) < 4.78 is 44.9. The minimum absolute atomic E-state index is 0.0325. The number of ether oxygens (including phenoxy) is 1. The number of nitrogens with zero attached hydrogens (tertiary/aromatic N) is 3. The molecule has 0 amide bonds. The van der Waals surface area contributed by atoms with Crippen LogP contribution < -0.4 is 4.90 Å². The van der Waals surface area contributed by atoms with Crippen molar-refractivity contribution in [1.29, 1.82) is 0 Å². The molecule has 1 aromatic carbocycles. The summed E-state index contributed by atoms with van der Waals surface area (Å²) in [7, 11) is 2.06. The number of alkyl halides is 3. The normalized spacial score (nSPS) is 24.5. The van der Waals surface area contributed by atoms with E-state index in [0.29, 0.717) is 0 Å². The molecule has 142 valence electrons. The number of aldehydes is 1. The highest BCUT2D eigenvalue weighted by Gasteiger charge is 2.45. The molecule has 3 rings (SSSR count). The van der Waals surface area contributed by atoms with Crippen LogP contribution in [0.5, 0.6) is 0 Å². The van der Waals surface area contributed by atoms with E-state index in [4.69, 9.17) is 4.74 Å². The minimum Gasteiger partial charge on any atom is -0.494 e. The van der Waals surface area contributed by atoms with E-state index in [1.807, 2.05) is 24.3 Å². The van der Waals surface area contributed by atoms with Gasteiger partial charge < -0.3 is 19.3 Å². The molecule has 2 saturated heterocycles. The maximum Gasteiger partial charge on any atom is 0.461 e. The summed E-state index contributed by atoms with van der Waals surface area (Å²) in [6.07, 6.45) is -2.73. The number of carbonyl (C=O) groups excluding carboxylic acids is 1. The molecule has 8 heteroatoms. The Balaban J connectivity index is 1.90. The summed E-state index contributed by atoms with van der Waals surface area (Å²) in [6.45, 7) is 3.05. The Kier molecular flexibility index (Phi) is 5.52. The van der Waals surface area contributed by atoms with Gasteiger partial charge in [-0.1, -0.05) is 18.2 Å². The van der Waals surface area contributed by atoms with E-state index in [9.17, 15) is 18.0 Å². The van der Waals surface area contributed by atoms with Crippen LogP contribution in [0.4, 0.5) is 18.9 Å². The van der Waals surface area contributed by atoms with E-state index in [1.54, 1.807) is 6.08 Å². The molecule has 26 heavy (non-hydrogen) atoms. The SMILES string of the molecule is CN1CCN(c2ccccc2C=C2OCCN(C(F)(F)F)C2C=O)CC1. The summed E-state index contributed by atoms with van der Waals surface area (Å²) in [5.41, 5.74) is 1.69. The van der Waals surface area contributed by atoms with Gasteiger partial charge in [0, 0.05) is 44.0 Å². The van der Waals surface area contributed by atoms with Crippen molar-refractivity contribution >= 4 is 18.0 Å². The van der Waals surface area contributed by atoms with Gasteiger partial charge in [0.2, 0.25) is 0 Å². The standard InChI is InChI=1S/C18H22F3N3O2/c1-22-6-8-23(9-7-22)15-5-3-2-4-14(15)12-17-16(13-25)24(10-11-26-17)18(19,20)21/h2-5,12-13,16H,6-11H2,1H3. The quantitative estimate of drug-likeness (QED) is 0.603. The Bertz CT molecular complexity index is 670. The predicted octanol–water partition coefficient (Wildman–Crippen LogP) is 2.20. The molecule has 1 unspecified atom stereocenters. The predicted molar refractivity (Wildman–Crippen MR) is 92.7 cm³/mol. The largest absolute Gasteiger partial charge is 0.494 e. The molecular formula is C18H22F3N3O2. The Morgan fingerprint density at radius 1 is 1.12 bits per heavy atom. The number of morpholine rings is 1. The van der Waals surface area contributed by atoms with Crippen molar-refractivity contribution in [2.75, 3.05) is 51.3 Å². The van der Waals surface area contributed by atoms with E-state index < -0.39 is 12.3 Å². The molecule has 0 radical (unpaired) electrons. The zero-order valence-corrected chi connectivity index (χ0v) is 14.6. The lowest BCUT2D eigenvalue weighted by Crippen LogP contribution is -2.52. The monoisotopic (exact) mass is 369 g/mol. The Labute approximate surface area is 150 Å². The van der Waals surface area contributed by atoms with E-state index in [1.165, 1.54) is 0 Å². The molecule has 1 aromatic rings. The minimum atomic E-state index is -4.58. The second-order valence-corrected chi connectivity index (χ2v) is 6.49. The molecule has 2 aliphatic rings. The third-order valence-corrected chi connectivity index (χ3v) is 4.76. The lowest BCUT2D eigenvalue weighted by Gasteiger charge is -2.36. The Hall–Kier alpha value is -2.06. The topological polar surface area (TPSA) is 36.0 Å². The van der Waals surface area contributed by atoms with Gasteiger partial charge in [-0.3, -0.25) is 0 Å². The number of rotatable bonds is 3. The zero-order chi connectivity index (χ0) is 18.7. The van der Waals surface area contributed by atoms with Gasteiger partial charge >= 0.3 is 6.30 Å². The van der Waals surface area contributed by atoms with Gasteiger partial charge in [0.05, 0.1) is 0 Å². The summed E-state index contributed by atoms with van der Waals surface area (Å²) in [6, 6.07) is 6.04. The van der Waals surface area contributed by atoms with Crippen molar-refractivity contribution in [3.8, 4) is 0 Å². The molecule has 0 saturated carbocycles. The number of carbonyl (C=O) groups is 1. The highest BCUT2D eigenvalue weighted by molar-refractivity contribution is 5.73. The smallest absolute Gasteiger partial charge is 0.461 e. The average Bonchev–Trinajstić information content (AvgIpc) is 2.62. The molecule has 0 bridgehead atoms. The van der Waals surface area contributed by atoms with E-state index >= 15 is 0 Å². The van der Waals surface area contributed by atoms with Crippen molar-refractivity contribution in [3.63, 3.8) is 0 Å². The van der Waals surface area contributed by atoms with Crippen molar-refractivity contribution < 1.29 is 22.7 Å². The van der Waals surface area contributed by atoms with Crippen molar-refractivity contribution in [1.82, 2.24) is 9.80 Å². The fourth-order valence-electron chi connectivity index (χ4n) is 3.29. The van der Waals surface area contributed by atoms with Crippen molar-refractivity contribution in [2.24, 2.45) is 0 Å². The first kappa shape index (κ1) is 18.7. The van der Waals surface area contributed by atoms with E-state index in [0.717, 1.165) is 37.4 Å². The van der Waals surface area contributed by atoms with Crippen LogP contribution in [0.1, 0.15) is 5.56 Å². The maximum atomic E-state index is 13.2. The maximum absolute atomic E-state index is 13.2. The molecule has 0 N–H and O–H groups in total. The van der Waals surface area contributed by atoms with E-state index in [2.05, 4.69) is 16.8 Å². The number of benzene rings is 1. The fourth-order valence-corrected chi connectivity index (χ4v) is 3.29. The molecule has 5 nitrogen and oxygen atoms in total. The lowest BCUT2D eigenvalue weighted by molar-refractivity contribution is -0.263. The summed E-state index contributed by atoms with van der Waals surface area (Å²) in [5, 5.41) is 0. The first-order valence-corrected chi connectivity index (χ1v) is 8.56. The van der Waals surface area contributed by atoms with Crippen LogP contribution in [-0.2, 0) is 9.53 Å². The van der Waals surface area contributed by atoms with Crippen LogP contribution in [0.3, 0.4) is 0 Å². The number of hydrogen-bond acceptors (Lipinski definition) is 5. The van der Waals surface area contributed by atoms with Gasteiger partial charge in [-0.05, 0) is 19.2 Å². The highest BCUT2D eigenvalue weighted by Crippen LogP contribution is 2.31. The van der Waals surface area contributed by atoms with Crippen LogP contribution >= 0.6 is 0 Å². The van der Waals surface area contributed by atoms with Crippen molar-refractivity contribution in [2.45, 2.75) is 12.3 Å². The van der Waals surface area contributed by atoms with Crippen LogP contribution in [0.25, 0.3) is 6.08 Å². The molecule has 1 atom stereocenters. The first-order chi connectivity index (χ1) is 12.4. The number of likely N-dealkylation sites (N-methyl/N-ethyl adjacent to an activating group) is 1. The van der Waals surface area contributed by atoms with Gasteiger partial charge in [-0.2, -0.15) is 18.1 Å². The third kappa shape index (κ3) is 4.02. The Morgan fingerprint density at radius 3 is 2.46 bits per heavy atom.